The van der Waals surface area contributed by atoms with Crippen LogP contribution in [0.1, 0.15) is 5.56 Å². The summed E-state index contributed by atoms with van der Waals surface area (Å²) in [5, 5.41) is 8.85. The van der Waals surface area contributed by atoms with Crippen LogP contribution < -0.4 is 5.73 Å². The summed E-state index contributed by atoms with van der Waals surface area (Å²) >= 11 is 3.50. The standard InChI is InChI=1S/C12H14BrN3O/c13-11-2-1-3-12(15)10(11)8-16-4-5-17-9(6-14)7-16/h1-3,9H,4-5,7-8,15H2. The Hall–Kier alpha value is -1.09. The molecule has 90 valence electrons. The molecule has 2 N–H and O–H groups in total. The molecule has 0 spiro atoms. The zero-order valence-electron chi connectivity index (χ0n) is 9.40. The van der Waals surface area contributed by atoms with Gasteiger partial charge in [0.2, 0.25) is 0 Å². The topological polar surface area (TPSA) is 62.3 Å². The number of benzene rings is 1. The maximum Gasteiger partial charge on any atom is 0.156 e. The maximum atomic E-state index is 8.85. The monoisotopic (exact) mass is 295 g/mol. The van der Waals surface area contributed by atoms with Crippen molar-refractivity contribution in [2.75, 3.05) is 25.4 Å². The summed E-state index contributed by atoms with van der Waals surface area (Å²) in [5.41, 5.74) is 7.81. The van der Waals surface area contributed by atoms with Crippen molar-refractivity contribution in [3.63, 3.8) is 0 Å². The van der Waals surface area contributed by atoms with Crippen LogP contribution in [0.4, 0.5) is 5.69 Å². The van der Waals surface area contributed by atoms with Gasteiger partial charge in [0, 0.05) is 35.4 Å². The Morgan fingerprint density at radius 3 is 3.12 bits per heavy atom. The van der Waals surface area contributed by atoms with Gasteiger partial charge in [0.15, 0.2) is 6.10 Å². The minimum absolute atomic E-state index is 0.326. The molecule has 1 aliphatic heterocycles. The van der Waals surface area contributed by atoms with Gasteiger partial charge in [-0.2, -0.15) is 5.26 Å². The maximum absolute atomic E-state index is 8.85. The lowest BCUT2D eigenvalue weighted by Crippen LogP contribution is -2.41. The number of nitrogen functional groups attached to an aromatic ring is 1. The van der Waals surface area contributed by atoms with E-state index in [1.165, 1.54) is 0 Å². The van der Waals surface area contributed by atoms with E-state index in [9.17, 15) is 0 Å². The van der Waals surface area contributed by atoms with Crippen molar-refractivity contribution in [1.29, 1.82) is 5.26 Å². The Balaban J connectivity index is 2.08. The number of nitrogens with two attached hydrogens (primary N) is 1. The van der Waals surface area contributed by atoms with E-state index in [1.54, 1.807) is 0 Å². The summed E-state index contributed by atoms with van der Waals surface area (Å²) < 4.78 is 6.32. The Bertz CT molecular complexity index is 424. The molecular formula is C12H14BrN3O. The van der Waals surface area contributed by atoms with Crippen LogP contribution in [0.2, 0.25) is 0 Å². The number of nitrogens with zero attached hydrogens (tertiary/aromatic N) is 2. The van der Waals surface area contributed by atoms with Gasteiger partial charge in [-0.1, -0.05) is 22.0 Å². The van der Waals surface area contributed by atoms with Crippen molar-refractivity contribution in [3.8, 4) is 6.07 Å². The second-order valence-electron chi connectivity index (χ2n) is 4.03. The lowest BCUT2D eigenvalue weighted by Gasteiger charge is -2.30. The third-order valence-corrected chi connectivity index (χ3v) is 3.57. The second kappa shape index (κ2) is 5.50. The van der Waals surface area contributed by atoms with Gasteiger partial charge in [0.1, 0.15) is 0 Å². The molecule has 1 unspecified atom stereocenters. The molecular weight excluding hydrogens is 282 g/mol. The van der Waals surface area contributed by atoms with Crippen LogP contribution in [0.5, 0.6) is 0 Å². The largest absolute Gasteiger partial charge is 0.398 e. The van der Waals surface area contributed by atoms with Crippen LogP contribution in [-0.4, -0.2) is 30.7 Å². The van der Waals surface area contributed by atoms with E-state index >= 15 is 0 Å². The van der Waals surface area contributed by atoms with Crippen LogP contribution in [0, 0.1) is 11.3 Å². The summed E-state index contributed by atoms with van der Waals surface area (Å²) in [6, 6.07) is 7.93. The van der Waals surface area contributed by atoms with Crippen LogP contribution in [0.15, 0.2) is 22.7 Å². The molecule has 0 radical (unpaired) electrons. The number of ether oxygens (including phenoxy) is 1. The summed E-state index contributed by atoms with van der Waals surface area (Å²) in [6.07, 6.45) is -0.326. The van der Waals surface area contributed by atoms with Crippen LogP contribution >= 0.6 is 15.9 Å². The lowest BCUT2D eigenvalue weighted by atomic mass is 10.1. The smallest absolute Gasteiger partial charge is 0.156 e. The van der Waals surface area contributed by atoms with Gasteiger partial charge in [0.25, 0.3) is 0 Å². The molecule has 0 aromatic heterocycles. The number of anilines is 1. The van der Waals surface area contributed by atoms with E-state index in [4.69, 9.17) is 15.7 Å². The number of hydrogen-bond acceptors (Lipinski definition) is 4. The quantitative estimate of drug-likeness (QED) is 0.845. The SMILES string of the molecule is N#CC1CN(Cc2c(N)cccc2Br)CCO1. The Labute approximate surface area is 109 Å². The summed E-state index contributed by atoms with van der Waals surface area (Å²) in [6.45, 7) is 2.81. The molecule has 1 heterocycles. The van der Waals surface area contributed by atoms with Gasteiger partial charge >= 0.3 is 0 Å². The summed E-state index contributed by atoms with van der Waals surface area (Å²) in [5.74, 6) is 0. The first-order valence-electron chi connectivity index (χ1n) is 5.47. The average Bonchev–Trinajstić information content (AvgIpc) is 2.34. The number of rotatable bonds is 2. The molecule has 0 amide bonds. The van der Waals surface area contributed by atoms with Crippen molar-refractivity contribution in [2.45, 2.75) is 12.6 Å². The highest BCUT2D eigenvalue weighted by Crippen LogP contribution is 2.24. The van der Waals surface area contributed by atoms with Crippen molar-refractivity contribution in [3.05, 3.63) is 28.2 Å². The predicted octanol–water partition coefficient (Wildman–Crippen LogP) is 1.76. The molecule has 5 heteroatoms. The molecule has 1 atom stereocenters. The van der Waals surface area contributed by atoms with Gasteiger partial charge in [0.05, 0.1) is 12.7 Å². The van der Waals surface area contributed by atoms with Crippen LogP contribution in [-0.2, 0) is 11.3 Å². The molecule has 1 fully saturated rings. The molecule has 1 aromatic rings. The van der Waals surface area contributed by atoms with Gasteiger partial charge in [-0.25, -0.2) is 0 Å². The lowest BCUT2D eigenvalue weighted by molar-refractivity contribution is -0.00269. The highest BCUT2D eigenvalue weighted by molar-refractivity contribution is 9.10. The summed E-state index contributed by atoms with van der Waals surface area (Å²) in [4.78, 5) is 2.19. The Kier molecular flexibility index (Phi) is 4.00. The Morgan fingerprint density at radius 2 is 2.41 bits per heavy atom. The molecule has 17 heavy (non-hydrogen) atoms. The van der Waals surface area contributed by atoms with E-state index in [0.29, 0.717) is 13.2 Å². The van der Waals surface area contributed by atoms with Crippen molar-refractivity contribution in [2.24, 2.45) is 0 Å². The fourth-order valence-electron chi connectivity index (χ4n) is 1.89. The number of nitriles is 1. The van der Waals surface area contributed by atoms with E-state index in [2.05, 4.69) is 26.9 Å². The molecule has 1 aromatic carbocycles. The third kappa shape index (κ3) is 2.97. The molecule has 0 aliphatic carbocycles. The van der Waals surface area contributed by atoms with Crippen molar-refractivity contribution < 1.29 is 4.74 Å². The van der Waals surface area contributed by atoms with E-state index in [0.717, 1.165) is 28.8 Å². The molecule has 1 aliphatic rings. The molecule has 0 saturated carbocycles. The van der Waals surface area contributed by atoms with Gasteiger partial charge < -0.3 is 10.5 Å². The Morgan fingerprint density at radius 1 is 1.59 bits per heavy atom. The van der Waals surface area contributed by atoms with Crippen LogP contribution in [0.25, 0.3) is 0 Å². The minimum atomic E-state index is -0.326. The molecule has 4 nitrogen and oxygen atoms in total. The van der Waals surface area contributed by atoms with Gasteiger partial charge in [-0.05, 0) is 12.1 Å². The zero-order valence-corrected chi connectivity index (χ0v) is 11.0. The normalized spacial score (nSPS) is 21.1. The number of hydrogen-bond donors (Lipinski definition) is 1. The fraction of sp³-hybridized carbons (Fsp3) is 0.417. The minimum Gasteiger partial charge on any atom is -0.398 e. The number of morpholine rings is 1. The molecule has 1 saturated heterocycles. The first-order chi connectivity index (χ1) is 8.20. The third-order valence-electron chi connectivity index (χ3n) is 2.83. The first kappa shape index (κ1) is 12.4. The summed E-state index contributed by atoms with van der Waals surface area (Å²) in [7, 11) is 0. The fourth-order valence-corrected chi connectivity index (χ4v) is 2.40. The zero-order chi connectivity index (χ0) is 12.3. The van der Waals surface area contributed by atoms with E-state index in [1.807, 2.05) is 18.2 Å². The van der Waals surface area contributed by atoms with Crippen molar-refractivity contribution in [1.82, 2.24) is 4.90 Å². The average molecular weight is 296 g/mol. The van der Waals surface area contributed by atoms with Gasteiger partial charge in [-0.3, -0.25) is 4.90 Å². The van der Waals surface area contributed by atoms with Crippen molar-refractivity contribution >= 4 is 21.6 Å². The van der Waals surface area contributed by atoms with Gasteiger partial charge in [-0.15, -0.1) is 0 Å². The first-order valence-corrected chi connectivity index (χ1v) is 6.26. The van der Waals surface area contributed by atoms with Crippen LogP contribution in [0.3, 0.4) is 0 Å². The number of halogens is 1. The molecule has 0 bridgehead atoms. The van der Waals surface area contributed by atoms with E-state index < -0.39 is 0 Å². The highest BCUT2D eigenvalue weighted by atomic mass is 79.9. The van der Waals surface area contributed by atoms with E-state index in [-0.39, 0.29) is 6.10 Å². The second-order valence-corrected chi connectivity index (χ2v) is 4.89. The predicted molar refractivity (Wildman–Crippen MR) is 69.2 cm³/mol. The highest BCUT2D eigenvalue weighted by Gasteiger charge is 2.21. The molecule has 2 rings (SSSR count).